The third kappa shape index (κ3) is 13.1. The Morgan fingerprint density at radius 2 is 1.59 bits per heavy atom. The number of piperazine rings is 1. The summed E-state index contributed by atoms with van der Waals surface area (Å²) in [5.74, 6) is 0.0411. The van der Waals surface area contributed by atoms with Crippen molar-refractivity contribution in [2.75, 3.05) is 77.1 Å². The number of aryl methyl sites for hydroxylation is 1. The number of hydrogen-bond donors (Lipinski definition) is 5. The molecule has 4 heterocycles. The van der Waals surface area contributed by atoms with Crippen molar-refractivity contribution < 1.29 is 34.1 Å². The average molecular weight is 1000 g/mol. The number of rotatable bonds is 21. The molecule has 70 heavy (non-hydrogen) atoms. The number of nitrogens with zero attached hydrogens (tertiary/aromatic N) is 6. The van der Waals surface area contributed by atoms with E-state index >= 15 is 0 Å². The Hall–Kier alpha value is -5.01. The fourth-order valence-electron chi connectivity index (χ4n) is 9.63. The van der Waals surface area contributed by atoms with E-state index in [2.05, 4.69) is 73.6 Å². The molecule has 1 aliphatic carbocycles. The first-order valence-electron chi connectivity index (χ1n) is 24.4. The number of halogens is 1. The second-order valence-electron chi connectivity index (χ2n) is 19.8. The molecule has 2 aliphatic heterocycles. The molecular weight excluding hydrogens is 930 g/mol. The molecule has 0 bridgehead atoms. The number of aliphatic hydroxyl groups is 2. The summed E-state index contributed by atoms with van der Waals surface area (Å²) < 4.78 is 11.5. The number of aliphatic hydroxyl groups excluding tert-OH is 2. The molecule has 2 fully saturated rings. The number of likely N-dealkylation sites (tertiary alicyclic amines) is 1. The largest absolute Gasteiger partial charge is 0.391 e. The standard InChI is InChI=1S/C52H70ClN9O7S/c1-32-26-43(64)46-45(32)49(56-30-55-46)60-18-20-61(21-19-60)50(66)41(37-12-14-39(53)15-13-37)28-54-17-23-69-25-24-68-22-16-44(65)59-48(52(5,6)7)51(67)62-29-40(63)27-42(62)34(3)58-33(2)36-8-10-38(11-9-36)47-35(4)57-31-70-47/h8-15,30-33,40-43,48,54,58,63-64H,3,16-29H2,1-2,4-7H3,(H,59,65)/t32-,33+,40-,41-,42+,43-,48-/m1/s1. The van der Waals surface area contributed by atoms with Crippen LogP contribution in [0.1, 0.15) is 106 Å². The van der Waals surface area contributed by atoms with Crippen molar-refractivity contribution in [2.45, 2.75) is 103 Å². The van der Waals surface area contributed by atoms with Gasteiger partial charge in [-0.15, -0.1) is 11.3 Å². The number of carbonyl (C=O) groups is 3. The summed E-state index contributed by atoms with van der Waals surface area (Å²) in [6.07, 6.45) is 1.26. The molecule has 7 atom stereocenters. The van der Waals surface area contributed by atoms with E-state index < -0.39 is 35.6 Å². The summed E-state index contributed by atoms with van der Waals surface area (Å²) in [7, 11) is 0. The van der Waals surface area contributed by atoms with Gasteiger partial charge in [-0.25, -0.2) is 15.0 Å². The zero-order valence-electron chi connectivity index (χ0n) is 41.3. The summed E-state index contributed by atoms with van der Waals surface area (Å²) >= 11 is 7.82. The van der Waals surface area contributed by atoms with E-state index in [9.17, 15) is 24.6 Å². The molecule has 0 unspecified atom stereocenters. The van der Waals surface area contributed by atoms with Crippen molar-refractivity contribution >= 4 is 46.5 Å². The molecule has 18 heteroatoms. The van der Waals surface area contributed by atoms with Crippen molar-refractivity contribution in [2.24, 2.45) is 5.41 Å². The van der Waals surface area contributed by atoms with Crippen LogP contribution < -0.4 is 20.9 Å². The van der Waals surface area contributed by atoms with Gasteiger partial charge in [-0.05, 0) is 60.4 Å². The highest BCUT2D eigenvalue weighted by molar-refractivity contribution is 7.13. The number of benzene rings is 2. The van der Waals surface area contributed by atoms with Gasteiger partial charge in [0.15, 0.2) is 0 Å². The highest BCUT2D eigenvalue weighted by Gasteiger charge is 2.43. The lowest BCUT2D eigenvalue weighted by Gasteiger charge is -2.38. The minimum atomic E-state index is -0.840. The maximum absolute atomic E-state index is 14.2. The highest BCUT2D eigenvalue weighted by Crippen LogP contribution is 2.43. The third-order valence-corrected chi connectivity index (χ3v) is 14.8. The summed E-state index contributed by atoms with van der Waals surface area (Å²) in [5, 5.41) is 31.7. The number of amides is 3. The van der Waals surface area contributed by atoms with Crippen LogP contribution in [0.25, 0.3) is 10.4 Å². The van der Waals surface area contributed by atoms with E-state index in [1.54, 1.807) is 28.4 Å². The van der Waals surface area contributed by atoms with Crippen LogP contribution in [0.15, 0.2) is 72.6 Å². The van der Waals surface area contributed by atoms with Gasteiger partial charge in [-0.3, -0.25) is 14.4 Å². The first-order chi connectivity index (χ1) is 33.5. The van der Waals surface area contributed by atoms with Gasteiger partial charge in [0, 0.05) is 81.0 Å². The highest BCUT2D eigenvalue weighted by atomic mass is 35.5. The number of aromatic nitrogens is 3. The molecular formula is C52H70ClN9O7S. The number of nitrogens with one attached hydrogen (secondary N) is 3. The second-order valence-corrected chi connectivity index (χ2v) is 21.1. The SMILES string of the molecule is C=C(N[C@@H](C)c1ccc(-c2scnc2C)cc1)[C@@H]1C[C@@H](O)CN1C(=O)[C@@H](NC(=O)CCOCCOCCNC[C@@H](C(=O)N1CCN(c2ncnc3c2[C@H](C)C[C@H]3O)CC1)c1ccc(Cl)cc1)C(C)(C)C. The molecule has 4 aromatic rings. The fourth-order valence-corrected chi connectivity index (χ4v) is 10.6. The Balaban J connectivity index is 0.811. The fraction of sp³-hybridized carbons (Fsp3) is 0.538. The molecule has 378 valence electrons. The molecule has 2 saturated heterocycles. The van der Waals surface area contributed by atoms with Crippen LogP contribution in [0.2, 0.25) is 5.02 Å². The predicted octanol–water partition coefficient (Wildman–Crippen LogP) is 5.91. The number of thiazole rings is 1. The maximum atomic E-state index is 14.2. The maximum Gasteiger partial charge on any atom is 0.246 e. The van der Waals surface area contributed by atoms with E-state index in [0.29, 0.717) is 81.7 Å². The molecule has 7 rings (SSSR count). The van der Waals surface area contributed by atoms with Gasteiger partial charge >= 0.3 is 0 Å². The normalized spacial score (nSPS) is 20.5. The summed E-state index contributed by atoms with van der Waals surface area (Å²) in [6.45, 7) is 20.7. The van der Waals surface area contributed by atoms with Crippen molar-refractivity contribution in [1.82, 2.24) is 40.7 Å². The Kier molecular flexibility index (Phi) is 18.1. The summed E-state index contributed by atoms with van der Waals surface area (Å²) in [6, 6.07) is 14.3. The van der Waals surface area contributed by atoms with E-state index in [1.807, 2.05) is 57.2 Å². The number of hydrogen-bond acceptors (Lipinski definition) is 14. The number of β-amino-alcohol motifs (C(OH)–C–C–N with tert-alkyl or cyclic N) is 1. The summed E-state index contributed by atoms with van der Waals surface area (Å²) in [4.78, 5) is 61.7. The van der Waals surface area contributed by atoms with Crippen molar-refractivity contribution in [3.05, 3.63) is 106 Å². The average Bonchev–Trinajstić information content (AvgIpc) is 4.04. The monoisotopic (exact) mass is 999 g/mol. The van der Waals surface area contributed by atoms with E-state index in [4.69, 9.17) is 21.1 Å². The van der Waals surface area contributed by atoms with Crippen LogP contribution in [0.3, 0.4) is 0 Å². The molecule has 0 saturated carbocycles. The molecule has 0 radical (unpaired) electrons. The Morgan fingerprint density at radius 1 is 0.900 bits per heavy atom. The topological polar surface area (TPSA) is 195 Å². The molecule has 3 aliphatic rings. The van der Waals surface area contributed by atoms with Crippen LogP contribution in [0.4, 0.5) is 5.82 Å². The van der Waals surface area contributed by atoms with E-state index in [0.717, 1.165) is 38.6 Å². The smallest absolute Gasteiger partial charge is 0.246 e. The minimum Gasteiger partial charge on any atom is -0.391 e. The van der Waals surface area contributed by atoms with E-state index in [1.165, 1.54) is 6.33 Å². The van der Waals surface area contributed by atoms with Crippen molar-refractivity contribution in [3.63, 3.8) is 0 Å². The third-order valence-electron chi connectivity index (χ3n) is 13.6. The molecule has 16 nitrogen and oxygen atoms in total. The lowest BCUT2D eigenvalue weighted by Crippen LogP contribution is -2.56. The number of ether oxygens (including phenoxy) is 2. The van der Waals surface area contributed by atoms with Gasteiger partial charge in [0.2, 0.25) is 17.7 Å². The van der Waals surface area contributed by atoms with Gasteiger partial charge in [-0.1, -0.05) is 82.3 Å². The van der Waals surface area contributed by atoms with Gasteiger partial charge in [0.05, 0.1) is 72.4 Å². The van der Waals surface area contributed by atoms with Gasteiger partial charge in [0.25, 0.3) is 0 Å². The van der Waals surface area contributed by atoms with Gasteiger partial charge in [0.1, 0.15) is 18.2 Å². The quantitative estimate of drug-likeness (QED) is 0.0620. The van der Waals surface area contributed by atoms with Crippen LogP contribution in [-0.4, -0.2) is 143 Å². The number of carbonyl (C=O) groups excluding carboxylic acids is 3. The molecule has 0 spiro atoms. The first kappa shape index (κ1) is 52.8. The Bertz CT molecular complexity index is 2410. The van der Waals surface area contributed by atoms with Crippen LogP contribution in [0.5, 0.6) is 0 Å². The number of fused-ring (bicyclic) bond motifs is 1. The lowest BCUT2D eigenvalue weighted by molar-refractivity contribution is -0.140. The van der Waals surface area contributed by atoms with Crippen molar-refractivity contribution in [3.8, 4) is 10.4 Å². The molecule has 5 N–H and O–H groups in total. The zero-order chi connectivity index (χ0) is 50.1. The van der Waals surface area contributed by atoms with E-state index in [-0.39, 0.29) is 55.9 Å². The van der Waals surface area contributed by atoms with Crippen molar-refractivity contribution in [1.29, 1.82) is 0 Å². The zero-order valence-corrected chi connectivity index (χ0v) is 42.9. The minimum absolute atomic E-state index is 0.0340. The lowest BCUT2D eigenvalue weighted by atomic mass is 9.85. The predicted molar refractivity (Wildman–Crippen MR) is 273 cm³/mol. The van der Waals surface area contributed by atoms with Crippen LogP contribution in [-0.2, 0) is 23.9 Å². The molecule has 3 amide bonds. The first-order valence-corrected chi connectivity index (χ1v) is 25.7. The van der Waals surface area contributed by atoms with Crippen LogP contribution >= 0.6 is 22.9 Å². The molecule has 2 aromatic carbocycles. The van der Waals surface area contributed by atoms with Gasteiger partial charge < -0.3 is 50.3 Å². The van der Waals surface area contributed by atoms with Gasteiger partial charge in [-0.2, -0.15) is 0 Å². The Labute approximate surface area is 421 Å². The second kappa shape index (κ2) is 23.9. The number of anilines is 1. The Morgan fingerprint density at radius 3 is 2.26 bits per heavy atom. The van der Waals surface area contributed by atoms with Crippen LogP contribution in [0, 0.1) is 12.3 Å². The summed E-state index contributed by atoms with van der Waals surface area (Å²) in [5.41, 5.74) is 7.62. The molecule has 2 aromatic heterocycles.